The lowest BCUT2D eigenvalue weighted by atomic mass is 9.55. The van der Waals surface area contributed by atoms with Crippen LogP contribution in [0.4, 0.5) is 0 Å². The molecular formula is C15H20O3. The van der Waals surface area contributed by atoms with Crippen LogP contribution in [0.2, 0.25) is 0 Å². The number of hydrogen-bond donors (Lipinski definition) is 1. The zero-order valence-corrected chi connectivity index (χ0v) is 10.8. The summed E-state index contributed by atoms with van der Waals surface area (Å²) in [6.07, 6.45) is 6.92. The van der Waals surface area contributed by atoms with Gasteiger partial charge in [-0.25, -0.2) is 4.79 Å². The fourth-order valence-electron chi connectivity index (χ4n) is 4.40. The summed E-state index contributed by atoms with van der Waals surface area (Å²) in [6.45, 7) is 2.16. The Bertz CT molecular complexity index is 425. The van der Waals surface area contributed by atoms with Crippen molar-refractivity contribution in [2.24, 2.45) is 17.8 Å². The van der Waals surface area contributed by atoms with Crippen LogP contribution in [-0.4, -0.2) is 23.3 Å². The molecule has 4 atom stereocenters. The van der Waals surface area contributed by atoms with Crippen molar-refractivity contribution in [1.82, 2.24) is 0 Å². The molecular weight excluding hydrogens is 228 g/mol. The first kappa shape index (κ1) is 12.0. The monoisotopic (exact) mass is 248 g/mol. The van der Waals surface area contributed by atoms with E-state index < -0.39 is 5.60 Å². The molecule has 0 aliphatic heterocycles. The summed E-state index contributed by atoms with van der Waals surface area (Å²) in [6, 6.07) is 0. The van der Waals surface area contributed by atoms with Crippen LogP contribution in [0.5, 0.6) is 0 Å². The van der Waals surface area contributed by atoms with Crippen LogP contribution in [0.25, 0.3) is 0 Å². The van der Waals surface area contributed by atoms with Gasteiger partial charge in [-0.05, 0) is 50.4 Å². The predicted octanol–water partition coefficient (Wildman–Crippen LogP) is 2.20. The number of carbonyl (C=O) groups excluding carboxylic acids is 1. The maximum absolute atomic E-state index is 11.3. The Kier molecular flexibility index (Phi) is 2.84. The van der Waals surface area contributed by atoms with E-state index in [9.17, 15) is 9.90 Å². The molecule has 3 rings (SSSR count). The molecule has 0 amide bonds. The summed E-state index contributed by atoms with van der Waals surface area (Å²) < 4.78 is 4.85. The molecule has 0 saturated heterocycles. The van der Waals surface area contributed by atoms with Crippen molar-refractivity contribution >= 4 is 5.97 Å². The fourth-order valence-corrected chi connectivity index (χ4v) is 4.40. The number of ether oxygens (including phenoxy) is 1. The van der Waals surface area contributed by atoms with Gasteiger partial charge in [0.2, 0.25) is 0 Å². The van der Waals surface area contributed by atoms with Gasteiger partial charge in [-0.3, -0.25) is 0 Å². The van der Waals surface area contributed by atoms with E-state index in [2.05, 4.69) is 5.73 Å². The topological polar surface area (TPSA) is 46.5 Å². The van der Waals surface area contributed by atoms with Gasteiger partial charge >= 0.3 is 5.97 Å². The van der Waals surface area contributed by atoms with Crippen molar-refractivity contribution in [3.05, 3.63) is 17.4 Å². The Morgan fingerprint density at radius 3 is 3.06 bits per heavy atom. The van der Waals surface area contributed by atoms with Crippen LogP contribution in [0.15, 0.2) is 17.4 Å². The van der Waals surface area contributed by atoms with E-state index in [0.29, 0.717) is 18.4 Å². The Morgan fingerprint density at radius 1 is 1.50 bits per heavy atom. The SMILES string of the molecule is CCOC(=O)C=C=C1CC[C@H]2[C@@H]3CCC[C@@H]3[C@@]12O. The van der Waals surface area contributed by atoms with E-state index in [1.165, 1.54) is 18.9 Å². The lowest BCUT2D eigenvalue weighted by molar-refractivity contribution is -0.141. The molecule has 3 heteroatoms. The highest BCUT2D eigenvalue weighted by molar-refractivity contribution is 5.81. The first-order valence-electron chi connectivity index (χ1n) is 7.03. The number of aliphatic hydroxyl groups is 1. The van der Waals surface area contributed by atoms with Crippen LogP contribution in [0, 0.1) is 17.8 Å². The Labute approximate surface area is 108 Å². The maximum Gasteiger partial charge on any atom is 0.338 e. The van der Waals surface area contributed by atoms with E-state index in [0.717, 1.165) is 30.8 Å². The number of hydrogen-bond acceptors (Lipinski definition) is 3. The lowest BCUT2D eigenvalue weighted by Crippen LogP contribution is -2.58. The summed E-state index contributed by atoms with van der Waals surface area (Å²) >= 11 is 0. The molecule has 0 bridgehead atoms. The molecule has 0 radical (unpaired) electrons. The third-order valence-electron chi connectivity index (χ3n) is 5.06. The minimum atomic E-state index is -0.649. The molecule has 0 unspecified atom stereocenters. The highest BCUT2D eigenvalue weighted by atomic mass is 16.5. The molecule has 0 heterocycles. The number of esters is 1. The van der Waals surface area contributed by atoms with Crippen LogP contribution in [-0.2, 0) is 9.53 Å². The highest BCUT2D eigenvalue weighted by Gasteiger charge is 2.66. The standard InChI is InChI=1S/C15H20O3/c1-2-18-14(16)9-7-10-6-8-13-11-4-3-5-12(11)15(10,13)17/h9,11-13,17H,2-6,8H2,1H3/t7?,11-,12+,13+,15+/m1/s1. The smallest absolute Gasteiger partial charge is 0.338 e. The quantitative estimate of drug-likeness (QED) is 0.463. The molecule has 18 heavy (non-hydrogen) atoms. The Morgan fingerprint density at radius 2 is 2.28 bits per heavy atom. The van der Waals surface area contributed by atoms with E-state index in [-0.39, 0.29) is 5.97 Å². The lowest BCUT2D eigenvalue weighted by Gasteiger charge is -2.52. The minimum Gasteiger partial charge on any atom is -0.462 e. The molecule has 3 fully saturated rings. The Hall–Kier alpha value is -1.05. The van der Waals surface area contributed by atoms with Gasteiger partial charge < -0.3 is 9.84 Å². The Balaban J connectivity index is 1.82. The normalized spacial score (nSPS) is 40.6. The van der Waals surface area contributed by atoms with Gasteiger partial charge in [0.15, 0.2) is 0 Å². The molecule has 0 aromatic carbocycles. The van der Waals surface area contributed by atoms with Crippen molar-refractivity contribution in [2.75, 3.05) is 6.61 Å². The van der Waals surface area contributed by atoms with Gasteiger partial charge in [0.05, 0.1) is 18.3 Å². The first-order valence-corrected chi connectivity index (χ1v) is 7.03. The second-order valence-corrected chi connectivity index (χ2v) is 5.69. The van der Waals surface area contributed by atoms with Crippen molar-refractivity contribution in [1.29, 1.82) is 0 Å². The van der Waals surface area contributed by atoms with E-state index >= 15 is 0 Å². The molecule has 0 aromatic heterocycles. The summed E-state index contributed by atoms with van der Waals surface area (Å²) in [4.78, 5) is 11.3. The van der Waals surface area contributed by atoms with Gasteiger partial charge in [0.1, 0.15) is 0 Å². The summed E-state index contributed by atoms with van der Waals surface area (Å²) in [5, 5.41) is 10.9. The van der Waals surface area contributed by atoms with Crippen molar-refractivity contribution in [3.8, 4) is 0 Å². The van der Waals surface area contributed by atoms with Gasteiger partial charge in [-0.2, -0.15) is 0 Å². The molecule has 98 valence electrons. The second-order valence-electron chi connectivity index (χ2n) is 5.69. The van der Waals surface area contributed by atoms with Crippen LogP contribution >= 0.6 is 0 Å². The zero-order valence-electron chi connectivity index (χ0n) is 10.8. The average Bonchev–Trinajstić information content (AvgIpc) is 2.88. The van der Waals surface area contributed by atoms with Crippen molar-refractivity contribution in [3.63, 3.8) is 0 Å². The summed E-state index contributed by atoms with van der Waals surface area (Å²) in [5.41, 5.74) is 3.30. The average molecular weight is 248 g/mol. The van der Waals surface area contributed by atoms with Gasteiger partial charge in [-0.1, -0.05) is 6.42 Å². The third-order valence-corrected chi connectivity index (χ3v) is 5.06. The van der Waals surface area contributed by atoms with Crippen LogP contribution < -0.4 is 0 Å². The maximum atomic E-state index is 11.3. The van der Waals surface area contributed by atoms with Gasteiger partial charge in [0.25, 0.3) is 0 Å². The molecule has 1 N–H and O–H groups in total. The van der Waals surface area contributed by atoms with Crippen molar-refractivity contribution < 1.29 is 14.6 Å². The molecule has 3 saturated carbocycles. The predicted molar refractivity (Wildman–Crippen MR) is 66.7 cm³/mol. The molecule has 0 spiro atoms. The fraction of sp³-hybridized carbons (Fsp3) is 0.733. The first-order chi connectivity index (χ1) is 8.67. The summed E-state index contributed by atoms with van der Waals surface area (Å²) in [7, 11) is 0. The number of carbonyl (C=O) groups is 1. The molecule has 3 aliphatic rings. The number of rotatable bonds is 2. The van der Waals surface area contributed by atoms with Gasteiger partial charge in [0, 0.05) is 5.57 Å². The van der Waals surface area contributed by atoms with E-state index in [1.807, 2.05) is 0 Å². The molecule has 0 aromatic rings. The van der Waals surface area contributed by atoms with Crippen molar-refractivity contribution in [2.45, 2.75) is 44.6 Å². The highest BCUT2D eigenvalue weighted by Crippen LogP contribution is 2.65. The second kappa shape index (κ2) is 4.25. The number of fused-ring (bicyclic) bond motifs is 4. The van der Waals surface area contributed by atoms with E-state index in [4.69, 9.17) is 4.74 Å². The third kappa shape index (κ3) is 1.51. The van der Waals surface area contributed by atoms with E-state index in [1.54, 1.807) is 6.92 Å². The van der Waals surface area contributed by atoms with Crippen LogP contribution in [0.1, 0.15) is 39.0 Å². The van der Waals surface area contributed by atoms with Crippen LogP contribution in [0.3, 0.4) is 0 Å². The minimum absolute atomic E-state index is 0.362. The summed E-state index contributed by atoms with van der Waals surface area (Å²) in [5.74, 6) is 1.20. The molecule has 3 aliphatic carbocycles. The van der Waals surface area contributed by atoms with Gasteiger partial charge in [-0.15, -0.1) is 5.73 Å². The zero-order chi connectivity index (χ0) is 12.8. The largest absolute Gasteiger partial charge is 0.462 e. The molecule has 3 nitrogen and oxygen atoms in total.